The van der Waals surface area contributed by atoms with Crippen molar-refractivity contribution in [2.75, 3.05) is 5.73 Å². The first-order valence-electron chi connectivity index (χ1n) is 5.02. The van der Waals surface area contributed by atoms with Gasteiger partial charge in [-0.3, -0.25) is 4.79 Å². The first kappa shape index (κ1) is 13.1. The van der Waals surface area contributed by atoms with Crippen LogP contribution in [-0.4, -0.2) is 11.9 Å². The van der Waals surface area contributed by atoms with Crippen molar-refractivity contribution in [3.63, 3.8) is 0 Å². The van der Waals surface area contributed by atoms with Crippen LogP contribution in [0.25, 0.3) is 0 Å². The Hall–Kier alpha value is -0.930. The molecule has 0 radical (unpaired) electrons. The largest absolute Gasteiger partial charge is 0.399 e. The molecule has 0 aliphatic heterocycles. The number of rotatable bonds is 2. The monoisotopic (exact) mass is 260 g/mol. The summed E-state index contributed by atoms with van der Waals surface area (Å²) in [7, 11) is 0. The maximum atomic E-state index is 11.7. The smallest absolute Gasteiger partial charge is 0.253 e. The molecular weight excluding hydrogens is 247 g/mol. The van der Waals surface area contributed by atoms with E-state index in [1.165, 1.54) is 6.42 Å². The van der Waals surface area contributed by atoms with Crippen LogP contribution in [0.15, 0.2) is 18.2 Å². The molecule has 1 aliphatic rings. The van der Waals surface area contributed by atoms with E-state index >= 15 is 0 Å². The summed E-state index contributed by atoms with van der Waals surface area (Å²) < 4.78 is 0. The second-order valence-electron chi connectivity index (χ2n) is 3.84. The molecule has 5 heteroatoms. The van der Waals surface area contributed by atoms with Crippen molar-refractivity contribution in [1.29, 1.82) is 0 Å². The minimum Gasteiger partial charge on any atom is -0.399 e. The van der Waals surface area contributed by atoms with Gasteiger partial charge in [0.1, 0.15) is 0 Å². The van der Waals surface area contributed by atoms with E-state index < -0.39 is 0 Å². The zero-order valence-electron chi connectivity index (χ0n) is 8.70. The number of carbonyl (C=O) groups excluding carboxylic acids is 1. The molecule has 0 bridgehead atoms. The third-order valence-corrected chi connectivity index (χ3v) is 2.99. The Morgan fingerprint density at radius 1 is 1.44 bits per heavy atom. The van der Waals surface area contributed by atoms with Gasteiger partial charge in [0, 0.05) is 11.7 Å². The van der Waals surface area contributed by atoms with E-state index in [4.69, 9.17) is 17.3 Å². The van der Waals surface area contributed by atoms with Crippen molar-refractivity contribution in [2.24, 2.45) is 0 Å². The molecule has 1 saturated carbocycles. The predicted molar refractivity (Wildman–Crippen MR) is 68.2 cm³/mol. The molecule has 3 N–H and O–H groups in total. The molecule has 1 aromatic carbocycles. The lowest BCUT2D eigenvalue weighted by Crippen LogP contribution is -2.39. The average molecular weight is 261 g/mol. The zero-order valence-corrected chi connectivity index (χ0v) is 10.3. The van der Waals surface area contributed by atoms with Gasteiger partial charge < -0.3 is 11.1 Å². The molecule has 3 nitrogen and oxygen atoms in total. The Morgan fingerprint density at radius 2 is 2.12 bits per heavy atom. The minimum atomic E-state index is -0.107. The molecule has 0 unspecified atom stereocenters. The van der Waals surface area contributed by atoms with Crippen molar-refractivity contribution < 1.29 is 4.79 Å². The summed E-state index contributed by atoms with van der Waals surface area (Å²) >= 11 is 5.93. The number of halogens is 2. The Kier molecular flexibility index (Phi) is 4.44. The highest BCUT2D eigenvalue weighted by molar-refractivity contribution is 6.34. The molecule has 2 rings (SSSR count). The maximum absolute atomic E-state index is 11.7. The Bertz CT molecular complexity index is 392. The highest BCUT2D eigenvalue weighted by Crippen LogP contribution is 2.22. The number of nitrogens with two attached hydrogens (primary N) is 1. The fourth-order valence-corrected chi connectivity index (χ4v) is 1.81. The average Bonchev–Trinajstić information content (AvgIpc) is 2.11. The summed E-state index contributed by atoms with van der Waals surface area (Å²) in [5.41, 5.74) is 6.62. The van der Waals surface area contributed by atoms with Crippen molar-refractivity contribution in [1.82, 2.24) is 5.32 Å². The molecule has 0 aromatic heterocycles. The molecule has 1 aromatic rings. The van der Waals surface area contributed by atoms with Gasteiger partial charge in [-0.15, -0.1) is 12.4 Å². The molecule has 88 valence electrons. The van der Waals surface area contributed by atoms with Crippen LogP contribution in [0.2, 0.25) is 5.02 Å². The number of hydrogen-bond acceptors (Lipinski definition) is 2. The third kappa shape index (κ3) is 2.80. The van der Waals surface area contributed by atoms with E-state index in [1.54, 1.807) is 18.2 Å². The molecule has 0 spiro atoms. The second kappa shape index (κ2) is 5.41. The summed E-state index contributed by atoms with van der Waals surface area (Å²) in [5, 5.41) is 3.34. The number of hydrogen-bond donors (Lipinski definition) is 2. The summed E-state index contributed by atoms with van der Waals surface area (Å²) in [4.78, 5) is 11.7. The van der Waals surface area contributed by atoms with E-state index in [9.17, 15) is 4.79 Å². The van der Waals surface area contributed by atoms with Crippen LogP contribution >= 0.6 is 24.0 Å². The fourth-order valence-electron chi connectivity index (χ4n) is 1.53. The van der Waals surface area contributed by atoms with E-state index in [1.807, 2.05) is 0 Å². The topological polar surface area (TPSA) is 55.1 Å². The molecule has 1 fully saturated rings. The maximum Gasteiger partial charge on any atom is 0.253 e. The lowest BCUT2D eigenvalue weighted by molar-refractivity contribution is 0.0917. The standard InChI is InChI=1S/C11H13ClN2O.ClH/c12-10-6-7(13)4-5-9(10)11(15)14-8-2-1-3-8;/h4-6,8H,1-3,13H2,(H,14,15);1H. The van der Waals surface area contributed by atoms with Crippen LogP contribution in [0.4, 0.5) is 5.69 Å². The van der Waals surface area contributed by atoms with Gasteiger partial charge >= 0.3 is 0 Å². The number of carbonyl (C=O) groups is 1. The number of benzene rings is 1. The number of nitrogen functional groups attached to an aromatic ring is 1. The molecule has 1 aliphatic carbocycles. The van der Waals surface area contributed by atoms with Crippen LogP contribution in [0, 0.1) is 0 Å². The molecule has 1 amide bonds. The first-order valence-corrected chi connectivity index (χ1v) is 5.40. The third-order valence-electron chi connectivity index (χ3n) is 2.68. The van der Waals surface area contributed by atoms with Gasteiger partial charge in [-0.2, -0.15) is 0 Å². The van der Waals surface area contributed by atoms with E-state index in [-0.39, 0.29) is 18.3 Å². The minimum absolute atomic E-state index is 0. The summed E-state index contributed by atoms with van der Waals surface area (Å²) in [6, 6.07) is 5.26. The van der Waals surface area contributed by atoms with Crippen LogP contribution in [0.5, 0.6) is 0 Å². The summed E-state index contributed by atoms with van der Waals surface area (Å²) in [6.07, 6.45) is 3.33. The SMILES string of the molecule is Cl.Nc1ccc(C(=O)NC2CCC2)c(Cl)c1. The first-order chi connectivity index (χ1) is 7.16. The normalized spacial score (nSPS) is 14.8. The van der Waals surface area contributed by atoms with Crippen molar-refractivity contribution in [3.05, 3.63) is 28.8 Å². The Balaban J connectivity index is 0.00000128. The molecule has 0 saturated heterocycles. The van der Waals surface area contributed by atoms with Crippen molar-refractivity contribution in [2.45, 2.75) is 25.3 Å². The molecule has 16 heavy (non-hydrogen) atoms. The Labute approximate surface area is 106 Å². The highest BCUT2D eigenvalue weighted by atomic mass is 35.5. The quantitative estimate of drug-likeness (QED) is 0.804. The lowest BCUT2D eigenvalue weighted by Gasteiger charge is -2.26. The van der Waals surface area contributed by atoms with E-state index in [0.29, 0.717) is 22.3 Å². The van der Waals surface area contributed by atoms with Crippen LogP contribution < -0.4 is 11.1 Å². The molecular formula is C11H14Cl2N2O. The van der Waals surface area contributed by atoms with Crippen LogP contribution in [-0.2, 0) is 0 Å². The van der Waals surface area contributed by atoms with Crippen LogP contribution in [0.1, 0.15) is 29.6 Å². The van der Waals surface area contributed by atoms with Gasteiger partial charge in [0.05, 0.1) is 10.6 Å². The highest BCUT2D eigenvalue weighted by Gasteiger charge is 2.21. The lowest BCUT2D eigenvalue weighted by atomic mass is 9.93. The molecule has 0 atom stereocenters. The van der Waals surface area contributed by atoms with E-state index in [2.05, 4.69) is 5.32 Å². The van der Waals surface area contributed by atoms with Gasteiger partial charge in [-0.1, -0.05) is 11.6 Å². The van der Waals surface area contributed by atoms with Crippen molar-refractivity contribution >= 4 is 35.6 Å². The van der Waals surface area contributed by atoms with Gasteiger partial charge in [0.2, 0.25) is 0 Å². The van der Waals surface area contributed by atoms with Gasteiger partial charge in [-0.25, -0.2) is 0 Å². The number of amides is 1. The second-order valence-corrected chi connectivity index (χ2v) is 4.25. The fraction of sp³-hybridized carbons (Fsp3) is 0.364. The van der Waals surface area contributed by atoms with Gasteiger partial charge in [0.15, 0.2) is 0 Å². The number of anilines is 1. The zero-order chi connectivity index (χ0) is 10.8. The summed E-state index contributed by atoms with van der Waals surface area (Å²) in [6.45, 7) is 0. The number of nitrogens with one attached hydrogen (secondary N) is 1. The van der Waals surface area contributed by atoms with Crippen LogP contribution in [0.3, 0.4) is 0 Å². The van der Waals surface area contributed by atoms with E-state index in [0.717, 1.165) is 12.8 Å². The summed E-state index contributed by atoms with van der Waals surface area (Å²) in [5.74, 6) is -0.107. The Morgan fingerprint density at radius 3 is 2.62 bits per heavy atom. The van der Waals surface area contributed by atoms with Gasteiger partial charge in [0.25, 0.3) is 5.91 Å². The predicted octanol–water partition coefficient (Wildman–Crippen LogP) is 2.63. The van der Waals surface area contributed by atoms with Gasteiger partial charge in [-0.05, 0) is 37.5 Å². The van der Waals surface area contributed by atoms with Crippen molar-refractivity contribution in [3.8, 4) is 0 Å². The molecule has 0 heterocycles.